The van der Waals surface area contributed by atoms with Crippen LogP contribution in [0.5, 0.6) is 0 Å². The molecule has 166 valence electrons. The Kier molecular flexibility index (Phi) is 22.3. The number of rotatable bonds is 23. The smallest absolute Gasteiger partial charge is 0.0323 e. The predicted molar refractivity (Wildman–Crippen MR) is 131 cm³/mol. The molecule has 0 amide bonds. The van der Waals surface area contributed by atoms with E-state index in [9.17, 15) is 0 Å². The van der Waals surface area contributed by atoms with Gasteiger partial charge in [0.05, 0.1) is 0 Å². The van der Waals surface area contributed by atoms with Crippen molar-refractivity contribution in [1.29, 1.82) is 0 Å². The molecular weight excluding hydrogens is 336 g/mol. The highest BCUT2D eigenvalue weighted by atomic mass is 14.1. The maximum Gasteiger partial charge on any atom is -0.0323 e. The molecule has 0 aliphatic heterocycles. The molecule has 0 N–H and O–H groups in total. The summed E-state index contributed by atoms with van der Waals surface area (Å²) in [7, 11) is 0. The first kappa shape index (κ1) is 27.5. The molecule has 0 atom stereocenters. The van der Waals surface area contributed by atoms with Crippen LogP contribution >= 0.6 is 0 Å². The van der Waals surface area contributed by atoms with Crippen molar-refractivity contribution in [2.24, 2.45) is 0 Å². The standard InChI is InChI=1S/C28H54/c1-5-7-9-10-11-12-13-14-15-16-17-18-19-20-24-28(4)26-22-21-25-27(3)23-8-6-2/h3-26H2,1-2H3. The molecular formula is C28H54. The molecule has 0 heteroatoms. The van der Waals surface area contributed by atoms with Gasteiger partial charge in [-0.05, 0) is 51.4 Å². The zero-order valence-electron chi connectivity index (χ0n) is 20.0. The van der Waals surface area contributed by atoms with Gasteiger partial charge >= 0.3 is 0 Å². The normalized spacial score (nSPS) is 11.1. The van der Waals surface area contributed by atoms with Gasteiger partial charge in [-0.3, -0.25) is 0 Å². The highest BCUT2D eigenvalue weighted by Crippen LogP contribution is 2.19. The fourth-order valence-electron chi connectivity index (χ4n) is 4.00. The first-order valence-corrected chi connectivity index (χ1v) is 13.0. The van der Waals surface area contributed by atoms with E-state index < -0.39 is 0 Å². The Bertz CT molecular complexity index is 338. The molecule has 28 heavy (non-hydrogen) atoms. The van der Waals surface area contributed by atoms with Gasteiger partial charge in [-0.15, -0.1) is 0 Å². The number of unbranched alkanes of at least 4 members (excludes halogenated alkanes) is 15. The Balaban J connectivity index is 3.21. The van der Waals surface area contributed by atoms with Gasteiger partial charge in [-0.25, -0.2) is 0 Å². The average molecular weight is 391 g/mol. The zero-order chi connectivity index (χ0) is 20.7. The third kappa shape index (κ3) is 21.8. The lowest BCUT2D eigenvalue weighted by molar-refractivity contribution is 0.534. The molecule has 0 aromatic heterocycles. The van der Waals surface area contributed by atoms with Crippen molar-refractivity contribution >= 4 is 0 Å². The zero-order valence-corrected chi connectivity index (χ0v) is 20.0. The molecule has 0 rings (SSSR count). The fraction of sp³-hybridized carbons (Fsp3) is 0.857. The molecule has 0 nitrogen and oxygen atoms in total. The topological polar surface area (TPSA) is 0 Å². The number of allylic oxidation sites excluding steroid dienone is 2. The fourth-order valence-corrected chi connectivity index (χ4v) is 4.00. The number of hydrogen-bond acceptors (Lipinski definition) is 0. The Morgan fingerprint density at radius 2 is 0.607 bits per heavy atom. The van der Waals surface area contributed by atoms with Crippen LogP contribution in [-0.2, 0) is 0 Å². The molecule has 0 aliphatic carbocycles. The average Bonchev–Trinajstić information content (AvgIpc) is 2.69. The summed E-state index contributed by atoms with van der Waals surface area (Å²) in [5.41, 5.74) is 2.94. The van der Waals surface area contributed by atoms with Crippen molar-refractivity contribution in [2.75, 3.05) is 0 Å². The lowest BCUT2D eigenvalue weighted by atomic mass is 9.99. The van der Waals surface area contributed by atoms with Crippen LogP contribution < -0.4 is 0 Å². The van der Waals surface area contributed by atoms with E-state index in [0.717, 1.165) is 0 Å². The molecule has 0 saturated heterocycles. The maximum absolute atomic E-state index is 4.30. The van der Waals surface area contributed by atoms with Gasteiger partial charge in [-0.2, -0.15) is 0 Å². The van der Waals surface area contributed by atoms with Crippen molar-refractivity contribution < 1.29 is 0 Å². The number of hydrogen-bond donors (Lipinski definition) is 0. The SMILES string of the molecule is C=C(CCCC)CCCCC(=C)CCCCCCCCCCCCCCCC. The van der Waals surface area contributed by atoms with Crippen molar-refractivity contribution in [1.82, 2.24) is 0 Å². The Hall–Kier alpha value is -0.520. The lowest BCUT2D eigenvalue weighted by Crippen LogP contribution is -1.88. The van der Waals surface area contributed by atoms with Crippen LogP contribution in [0.15, 0.2) is 24.3 Å². The second kappa shape index (κ2) is 22.8. The molecule has 0 fully saturated rings. The summed E-state index contributed by atoms with van der Waals surface area (Å²) in [6.45, 7) is 13.1. The Morgan fingerprint density at radius 3 is 0.964 bits per heavy atom. The summed E-state index contributed by atoms with van der Waals surface area (Å²) in [5.74, 6) is 0. The molecule has 0 saturated carbocycles. The van der Waals surface area contributed by atoms with E-state index >= 15 is 0 Å². The van der Waals surface area contributed by atoms with Crippen LogP contribution in [0.4, 0.5) is 0 Å². The van der Waals surface area contributed by atoms with Crippen LogP contribution in [0.3, 0.4) is 0 Å². The molecule has 0 radical (unpaired) electrons. The quantitative estimate of drug-likeness (QED) is 0.120. The monoisotopic (exact) mass is 390 g/mol. The molecule has 0 heterocycles. The summed E-state index contributed by atoms with van der Waals surface area (Å²) < 4.78 is 0. The van der Waals surface area contributed by atoms with Crippen LogP contribution in [0, 0.1) is 0 Å². The van der Waals surface area contributed by atoms with Crippen LogP contribution in [0.1, 0.15) is 155 Å². The van der Waals surface area contributed by atoms with Crippen molar-refractivity contribution in [3.8, 4) is 0 Å². The Labute approximate surface area is 179 Å². The van der Waals surface area contributed by atoms with Crippen LogP contribution in [-0.4, -0.2) is 0 Å². The second-order valence-corrected chi connectivity index (χ2v) is 9.16. The van der Waals surface area contributed by atoms with Crippen molar-refractivity contribution in [2.45, 2.75) is 155 Å². The van der Waals surface area contributed by atoms with Gasteiger partial charge in [0.25, 0.3) is 0 Å². The predicted octanol–water partition coefficient (Wildman–Crippen LogP) is 10.7. The van der Waals surface area contributed by atoms with Gasteiger partial charge in [0, 0.05) is 0 Å². The highest BCUT2D eigenvalue weighted by molar-refractivity contribution is 4.96. The van der Waals surface area contributed by atoms with Gasteiger partial charge in [0.15, 0.2) is 0 Å². The molecule has 0 aromatic carbocycles. The first-order chi connectivity index (χ1) is 13.7. The first-order valence-electron chi connectivity index (χ1n) is 13.0. The second-order valence-electron chi connectivity index (χ2n) is 9.16. The maximum atomic E-state index is 4.30. The summed E-state index contributed by atoms with van der Waals surface area (Å²) in [4.78, 5) is 0. The summed E-state index contributed by atoms with van der Waals surface area (Å²) >= 11 is 0. The third-order valence-electron chi connectivity index (χ3n) is 6.08. The van der Waals surface area contributed by atoms with Crippen LogP contribution in [0.2, 0.25) is 0 Å². The van der Waals surface area contributed by atoms with E-state index in [2.05, 4.69) is 27.0 Å². The minimum absolute atomic E-state index is 1.23. The van der Waals surface area contributed by atoms with E-state index in [4.69, 9.17) is 0 Å². The summed E-state index contributed by atoms with van der Waals surface area (Å²) in [6.07, 6.45) is 30.3. The molecule has 0 spiro atoms. The third-order valence-corrected chi connectivity index (χ3v) is 6.08. The van der Waals surface area contributed by atoms with Crippen LogP contribution in [0.25, 0.3) is 0 Å². The largest absolute Gasteiger partial charge is 0.0999 e. The summed E-state index contributed by atoms with van der Waals surface area (Å²) in [5, 5.41) is 0. The highest BCUT2D eigenvalue weighted by Gasteiger charge is 1.99. The van der Waals surface area contributed by atoms with Crippen molar-refractivity contribution in [3.63, 3.8) is 0 Å². The molecule has 0 bridgehead atoms. The van der Waals surface area contributed by atoms with Gasteiger partial charge in [0.2, 0.25) is 0 Å². The van der Waals surface area contributed by atoms with Gasteiger partial charge in [0.1, 0.15) is 0 Å². The van der Waals surface area contributed by atoms with E-state index in [1.54, 1.807) is 0 Å². The van der Waals surface area contributed by atoms with Gasteiger partial charge < -0.3 is 0 Å². The summed E-state index contributed by atoms with van der Waals surface area (Å²) in [6, 6.07) is 0. The van der Waals surface area contributed by atoms with E-state index in [-0.39, 0.29) is 0 Å². The van der Waals surface area contributed by atoms with Crippen molar-refractivity contribution in [3.05, 3.63) is 24.3 Å². The van der Waals surface area contributed by atoms with E-state index in [0.29, 0.717) is 0 Å². The lowest BCUT2D eigenvalue weighted by Gasteiger charge is -2.07. The molecule has 0 aliphatic rings. The molecule has 0 unspecified atom stereocenters. The molecule has 0 aromatic rings. The van der Waals surface area contributed by atoms with Gasteiger partial charge in [-0.1, -0.05) is 128 Å². The Morgan fingerprint density at radius 1 is 0.357 bits per heavy atom. The minimum atomic E-state index is 1.23. The van der Waals surface area contributed by atoms with E-state index in [1.165, 1.54) is 152 Å². The minimum Gasteiger partial charge on any atom is -0.0999 e. The van der Waals surface area contributed by atoms with E-state index in [1.807, 2.05) is 0 Å².